The first-order valence-electron chi connectivity index (χ1n) is 4.61. The summed E-state index contributed by atoms with van der Waals surface area (Å²) in [6.45, 7) is 3.81. The number of oxazole rings is 1. The molecule has 5 heteroatoms. The number of rotatable bonds is 3. The molecule has 16 heavy (non-hydrogen) atoms. The number of aromatic nitrogens is 1. The molecule has 0 saturated heterocycles. The zero-order chi connectivity index (χ0) is 11.7. The number of nitrogens with zero attached hydrogens (tertiary/aromatic N) is 1. The van der Waals surface area contributed by atoms with Gasteiger partial charge in [-0.05, 0) is 18.2 Å². The van der Waals surface area contributed by atoms with Gasteiger partial charge in [-0.15, -0.1) is 6.58 Å². The first kappa shape index (κ1) is 10.2. The Labute approximate surface area is 90.2 Å². The lowest BCUT2D eigenvalue weighted by Gasteiger charge is -1.97. The van der Waals surface area contributed by atoms with Crippen molar-refractivity contribution in [1.29, 1.82) is 0 Å². The molecule has 0 atom stereocenters. The second-order valence-corrected chi connectivity index (χ2v) is 3.25. The van der Waals surface area contributed by atoms with Crippen LogP contribution in [0.4, 0.5) is 0 Å². The molecule has 1 heterocycles. The Morgan fingerprint density at radius 3 is 2.94 bits per heavy atom. The van der Waals surface area contributed by atoms with E-state index in [1.165, 1.54) is 22.8 Å². The Kier molecular flexibility index (Phi) is 2.36. The predicted molar refractivity (Wildman–Crippen MR) is 57.6 cm³/mol. The molecular weight excluding hydrogens is 210 g/mol. The molecule has 0 aliphatic rings. The van der Waals surface area contributed by atoms with Crippen LogP contribution in [0.1, 0.15) is 10.4 Å². The van der Waals surface area contributed by atoms with Crippen molar-refractivity contribution >= 4 is 17.1 Å². The van der Waals surface area contributed by atoms with E-state index in [0.717, 1.165) is 0 Å². The van der Waals surface area contributed by atoms with Crippen molar-refractivity contribution in [1.82, 2.24) is 4.57 Å². The molecule has 2 aromatic rings. The number of carbonyl (C=O) groups is 1. The molecule has 1 N–H and O–H groups in total. The van der Waals surface area contributed by atoms with Gasteiger partial charge in [0.1, 0.15) is 0 Å². The summed E-state index contributed by atoms with van der Waals surface area (Å²) in [5.74, 6) is -1.56. The minimum absolute atomic E-state index is 0.117. The number of carboxylic acid groups (broad SMARTS) is 1. The van der Waals surface area contributed by atoms with Crippen LogP contribution in [0.15, 0.2) is 40.1 Å². The zero-order valence-corrected chi connectivity index (χ0v) is 8.34. The number of fused-ring (bicyclic) bond motifs is 1. The average molecular weight is 219 g/mol. The molecule has 1 aromatic carbocycles. The molecule has 0 aliphatic carbocycles. The summed E-state index contributed by atoms with van der Waals surface area (Å²) in [7, 11) is 0. The second kappa shape index (κ2) is 3.69. The highest BCUT2D eigenvalue weighted by Gasteiger charge is 2.11. The van der Waals surface area contributed by atoms with E-state index in [0.29, 0.717) is 11.1 Å². The molecule has 0 spiro atoms. The first-order valence-corrected chi connectivity index (χ1v) is 4.61. The normalized spacial score (nSPS) is 10.5. The number of hydrogen-bond donors (Lipinski definition) is 1. The van der Waals surface area contributed by atoms with Crippen LogP contribution < -0.4 is 5.76 Å². The minimum atomic E-state index is -1.04. The maximum atomic E-state index is 11.4. The van der Waals surface area contributed by atoms with Crippen molar-refractivity contribution in [2.24, 2.45) is 0 Å². The fourth-order valence-corrected chi connectivity index (χ4v) is 1.50. The first-order chi connectivity index (χ1) is 7.63. The molecule has 0 unspecified atom stereocenters. The van der Waals surface area contributed by atoms with Crippen LogP contribution in [0.25, 0.3) is 11.1 Å². The van der Waals surface area contributed by atoms with Crippen LogP contribution >= 0.6 is 0 Å². The summed E-state index contributed by atoms with van der Waals surface area (Å²) in [5.41, 5.74) is 0.952. The van der Waals surface area contributed by atoms with Crippen LogP contribution in [0.2, 0.25) is 0 Å². The summed E-state index contributed by atoms with van der Waals surface area (Å²) >= 11 is 0. The highest BCUT2D eigenvalue weighted by molar-refractivity contribution is 5.91. The van der Waals surface area contributed by atoms with Gasteiger partial charge in [0.25, 0.3) is 0 Å². The summed E-state index contributed by atoms with van der Waals surface area (Å²) in [6, 6.07) is 4.28. The van der Waals surface area contributed by atoms with E-state index in [4.69, 9.17) is 9.52 Å². The van der Waals surface area contributed by atoms with E-state index in [1.807, 2.05) is 0 Å². The van der Waals surface area contributed by atoms with Crippen LogP contribution in [0, 0.1) is 0 Å². The van der Waals surface area contributed by atoms with Gasteiger partial charge >= 0.3 is 11.7 Å². The fourth-order valence-electron chi connectivity index (χ4n) is 1.50. The topological polar surface area (TPSA) is 72.4 Å². The summed E-state index contributed by atoms with van der Waals surface area (Å²) < 4.78 is 6.28. The molecule has 0 aliphatic heterocycles. The van der Waals surface area contributed by atoms with E-state index in [2.05, 4.69) is 6.58 Å². The molecule has 2 rings (SSSR count). The SMILES string of the molecule is C=CCn1c(=O)oc2ccc(C(=O)O)cc21. The van der Waals surface area contributed by atoms with Crippen molar-refractivity contribution in [3.63, 3.8) is 0 Å². The smallest absolute Gasteiger partial charge is 0.420 e. The molecule has 5 nitrogen and oxygen atoms in total. The summed E-state index contributed by atoms with van der Waals surface area (Å²) in [4.78, 5) is 22.2. The lowest BCUT2D eigenvalue weighted by molar-refractivity contribution is 0.0697. The van der Waals surface area contributed by atoms with Gasteiger partial charge in [-0.2, -0.15) is 0 Å². The van der Waals surface area contributed by atoms with Crippen molar-refractivity contribution < 1.29 is 14.3 Å². The molecule has 0 radical (unpaired) electrons. The Morgan fingerprint density at radius 1 is 1.56 bits per heavy atom. The van der Waals surface area contributed by atoms with Gasteiger partial charge in [-0.3, -0.25) is 4.57 Å². The van der Waals surface area contributed by atoms with Crippen molar-refractivity contribution in [3.05, 3.63) is 47.0 Å². The molecule has 82 valence electrons. The molecule has 0 saturated carbocycles. The highest BCUT2D eigenvalue weighted by Crippen LogP contribution is 2.15. The van der Waals surface area contributed by atoms with Gasteiger partial charge in [-0.25, -0.2) is 9.59 Å². The van der Waals surface area contributed by atoms with Gasteiger partial charge in [0.05, 0.1) is 11.1 Å². The lowest BCUT2D eigenvalue weighted by Crippen LogP contribution is -2.12. The number of benzene rings is 1. The number of allylic oxidation sites excluding steroid dienone is 1. The monoisotopic (exact) mass is 219 g/mol. The third-order valence-electron chi connectivity index (χ3n) is 2.23. The number of aromatic carboxylic acids is 1. The van der Waals surface area contributed by atoms with E-state index in [9.17, 15) is 9.59 Å². The third kappa shape index (κ3) is 1.52. The van der Waals surface area contributed by atoms with Crippen LogP contribution in [-0.2, 0) is 6.54 Å². The standard InChI is InChI=1S/C11H9NO4/c1-2-5-12-8-6-7(10(13)14)3-4-9(8)16-11(12)15/h2-4,6H,1,5H2,(H,13,14). The van der Waals surface area contributed by atoms with Gasteiger partial charge in [0.15, 0.2) is 5.58 Å². The van der Waals surface area contributed by atoms with Crippen molar-refractivity contribution in [2.45, 2.75) is 6.54 Å². The van der Waals surface area contributed by atoms with Gasteiger partial charge < -0.3 is 9.52 Å². The Balaban J connectivity index is 2.74. The maximum absolute atomic E-state index is 11.4. The summed E-state index contributed by atoms with van der Waals surface area (Å²) in [5, 5.41) is 8.83. The molecule has 0 fully saturated rings. The van der Waals surface area contributed by atoms with E-state index in [1.54, 1.807) is 6.08 Å². The number of carboxylic acids is 1. The van der Waals surface area contributed by atoms with Gasteiger partial charge in [-0.1, -0.05) is 6.08 Å². The largest absolute Gasteiger partial charge is 0.478 e. The van der Waals surface area contributed by atoms with Crippen molar-refractivity contribution in [3.8, 4) is 0 Å². The van der Waals surface area contributed by atoms with E-state index < -0.39 is 11.7 Å². The highest BCUT2D eigenvalue weighted by atomic mass is 16.4. The predicted octanol–water partition coefficient (Wildman–Crippen LogP) is 1.48. The quantitative estimate of drug-likeness (QED) is 0.793. The fraction of sp³-hybridized carbons (Fsp3) is 0.0909. The maximum Gasteiger partial charge on any atom is 0.420 e. The Morgan fingerprint density at radius 2 is 2.31 bits per heavy atom. The third-order valence-corrected chi connectivity index (χ3v) is 2.23. The minimum Gasteiger partial charge on any atom is -0.478 e. The lowest BCUT2D eigenvalue weighted by atomic mass is 10.2. The molecule has 1 aromatic heterocycles. The van der Waals surface area contributed by atoms with E-state index in [-0.39, 0.29) is 12.1 Å². The molecule has 0 amide bonds. The van der Waals surface area contributed by atoms with Crippen LogP contribution in [-0.4, -0.2) is 15.6 Å². The second-order valence-electron chi connectivity index (χ2n) is 3.25. The molecular formula is C11H9NO4. The summed E-state index contributed by atoms with van der Waals surface area (Å²) in [6.07, 6.45) is 1.55. The Bertz CT molecular complexity index is 620. The zero-order valence-electron chi connectivity index (χ0n) is 8.34. The molecule has 0 bridgehead atoms. The van der Waals surface area contributed by atoms with Gasteiger partial charge in [0.2, 0.25) is 0 Å². The Hall–Kier alpha value is -2.30. The van der Waals surface area contributed by atoms with Crippen LogP contribution in [0.3, 0.4) is 0 Å². The average Bonchev–Trinajstić information content (AvgIpc) is 2.55. The van der Waals surface area contributed by atoms with Gasteiger partial charge in [0, 0.05) is 6.54 Å². The number of hydrogen-bond acceptors (Lipinski definition) is 3. The van der Waals surface area contributed by atoms with Crippen molar-refractivity contribution in [2.75, 3.05) is 0 Å². The van der Waals surface area contributed by atoms with E-state index >= 15 is 0 Å². The van der Waals surface area contributed by atoms with Crippen LogP contribution in [0.5, 0.6) is 0 Å².